The number of nitrogens with zero attached hydrogens (tertiary/aromatic N) is 1. The molecule has 1 radical (unpaired) electrons. The summed E-state index contributed by atoms with van der Waals surface area (Å²) in [6.45, 7) is 8.32. The molecule has 0 amide bonds. The Morgan fingerprint density at radius 1 is 1.36 bits per heavy atom. The molecule has 1 rings (SSSR count). The van der Waals surface area contributed by atoms with Crippen LogP contribution >= 0.6 is 0 Å². The van der Waals surface area contributed by atoms with Crippen LogP contribution in [0.25, 0.3) is 0 Å². The first-order valence-corrected chi connectivity index (χ1v) is 4.26. The first kappa shape index (κ1) is 11.6. The van der Waals surface area contributed by atoms with Crippen molar-refractivity contribution in [1.82, 2.24) is 4.90 Å². The van der Waals surface area contributed by atoms with E-state index in [1.807, 2.05) is 0 Å². The van der Waals surface area contributed by atoms with Gasteiger partial charge in [-0.1, -0.05) is 6.92 Å². The minimum Gasteiger partial charge on any atom is -0.301 e. The van der Waals surface area contributed by atoms with E-state index >= 15 is 0 Å². The topological polar surface area (TPSA) is 3.24 Å². The molecule has 1 atom stereocenters. The molecule has 0 aromatic carbocycles. The van der Waals surface area contributed by atoms with Crippen molar-refractivity contribution >= 4 is 18.9 Å². The molecule has 0 spiro atoms. The molecule has 1 fully saturated rings. The van der Waals surface area contributed by atoms with E-state index in [-0.39, 0.29) is 18.9 Å². The van der Waals surface area contributed by atoms with Gasteiger partial charge in [0.1, 0.15) is 0 Å². The predicted molar refractivity (Wildman–Crippen MR) is 50.9 cm³/mol. The summed E-state index contributed by atoms with van der Waals surface area (Å²) in [5.74, 6) is 0.853. The second kappa shape index (κ2) is 3.98. The standard InChI is InChI=1S/C9H19N.Li/c1-8-6-5-7-10(4)9(8,2)3;/h8H,5-7H2,1-4H3;. The average Bonchev–Trinajstić information content (AvgIpc) is 1.84. The van der Waals surface area contributed by atoms with E-state index in [0.29, 0.717) is 5.54 Å². The molecule has 0 saturated carbocycles. The first-order valence-electron chi connectivity index (χ1n) is 4.26. The Balaban J connectivity index is 0.000001000. The Bertz CT molecular complexity index is 111. The summed E-state index contributed by atoms with van der Waals surface area (Å²) >= 11 is 0. The van der Waals surface area contributed by atoms with Crippen LogP contribution in [0.4, 0.5) is 0 Å². The Labute approximate surface area is 82.7 Å². The van der Waals surface area contributed by atoms with Crippen LogP contribution in [0.1, 0.15) is 33.6 Å². The fraction of sp³-hybridized carbons (Fsp3) is 1.00. The number of piperidine rings is 1. The number of rotatable bonds is 0. The van der Waals surface area contributed by atoms with Crippen molar-refractivity contribution in [3.8, 4) is 0 Å². The largest absolute Gasteiger partial charge is 0.301 e. The Morgan fingerprint density at radius 2 is 1.91 bits per heavy atom. The van der Waals surface area contributed by atoms with Gasteiger partial charge in [0.25, 0.3) is 0 Å². The Kier molecular flexibility index (Phi) is 4.19. The molecule has 0 aliphatic carbocycles. The van der Waals surface area contributed by atoms with Gasteiger partial charge in [-0.2, -0.15) is 0 Å². The first-order chi connectivity index (χ1) is 4.55. The van der Waals surface area contributed by atoms with Crippen LogP contribution in [0.15, 0.2) is 0 Å². The van der Waals surface area contributed by atoms with Gasteiger partial charge in [-0.25, -0.2) is 0 Å². The summed E-state index contributed by atoms with van der Waals surface area (Å²) in [6, 6.07) is 0. The molecule has 0 bridgehead atoms. The predicted octanol–water partition coefficient (Wildman–Crippen LogP) is 1.75. The van der Waals surface area contributed by atoms with Crippen molar-refractivity contribution in [2.45, 2.75) is 39.2 Å². The van der Waals surface area contributed by atoms with Crippen LogP contribution in [0, 0.1) is 5.92 Å². The van der Waals surface area contributed by atoms with Crippen molar-refractivity contribution in [2.75, 3.05) is 13.6 Å². The third-order valence-electron chi connectivity index (χ3n) is 3.32. The average molecular weight is 148 g/mol. The van der Waals surface area contributed by atoms with E-state index in [1.54, 1.807) is 0 Å². The number of hydrogen-bond donors (Lipinski definition) is 0. The summed E-state index contributed by atoms with van der Waals surface area (Å²) in [5.41, 5.74) is 0.429. The van der Waals surface area contributed by atoms with Gasteiger partial charge < -0.3 is 4.90 Å². The van der Waals surface area contributed by atoms with Crippen molar-refractivity contribution in [1.29, 1.82) is 0 Å². The van der Waals surface area contributed by atoms with Crippen LogP contribution < -0.4 is 0 Å². The maximum Gasteiger partial charge on any atom is 0.0175 e. The number of hydrogen-bond acceptors (Lipinski definition) is 1. The molecular weight excluding hydrogens is 129 g/mol. The van der Waals surface area contributed by atoms with Crippen molar-refractivity contribution in [2.24, 2.45) is 5.92 Å². The van der Waals surface area contributed by atoms with E-state index in [1.165, 1.54) is 19.4 Å². The Morgan fingerprint density at radius 3 is 2.27 bits per heavy atom. The Hall–Kier alpha value is 0.557. The second-order valence-electron chi connectivity index (χ2n) is 4.12. The smallest absolute Gasteiger partial charge is 0.0175 e. The summed E-state index contributed by atoms with van der Waals surface area (Å²) in [7, 11) is 2.23. The van der Waals surface area contributed by atoms with Crippen LogP contribution in [-0.4, -0.2) is 42.9 Å². The molecule has 1 nitrogen and oxygen atoms in total. The fourth-order valence-corrected chi connectivity index (χ4v) is 1.65. The molecule has 0 aromatic heterocycles. The van der Waals surface area contributed by atoms with Gasteiger partial charge in [-0.3, -0.25) is 0 Å². The summed E-state index contributed by atoms with van der Waals surface area (Å²) in [5, 5.41) is 0. The quantitative estimate of drug-likeness (QED) is 0.473. The molecule has 61 valence electrons. The summed E-state index contributed by atoms with van der Waals surface area (Å²) < 4.78 is 0. The molecule has 1 unspecified atom stereocenters. The van der Waals surface area contributed by atoms with Crippen molar-refractivity contribution < 1.29 is 0 Å². The summed E-state index contributed by atoms with van der Waals surface area (Å²) in [4.78, 5) is 2.47. The van der Waals surface area contributed by atoms with Crippen LogP contribution in [0.3, 0.4) is 0 Å². The van der Waals surface area contributed by atoms with Gasteiger partial charge in [-0.15, -0.1) is 0 Å². The zero-order valence-corrected chi connectivity index (χ0v) is 8.65. The SMILES string of the molecule is CC1CCCN(C)C1(C)C.[Li]. The maximum absolute atomic E-state index is 2.47. The molecule has 0 aromatic rings. The van der Waals surface area contributed by atoms with Gasteiger partial charge in [0.15, 0.2) is 0 Å². The monoisotopic (exact) mass is 148 g/mol. The molecular formula is C9H19LiN. The van der Waals surface area contributed by atoms with E-state index < -0.39 is 0 Å². The normalized spacial score (nSPS) is 31.1. The molecule has 0 N–H and O–H groups in total. The summed E-state index contributed by atoms with van der Waals surface area (Å²) in [6.07, 6.45) is 2.78. The minimum absolute atomic E-state index is 0. The van der Waals surface area contributed by atoms with Gasteiger partial charge in [-0.05, 0) is 46.2 Å². The maximum atomic E-state index is 2.47. The van der Waals surface area contributed by atoms with Gasteiger partial charge in [0.2, 0.25) is 0 Å². The minimum atomic E-state index is 0. The van der Waals surface area contributed by atoms with Gasteiger partial charge >= 0.3 is 0 Å². The van der Waals surface area contributed by atoms with Crippen LogP contribution in [0.2, 0.25) is 0 Å². The third-order valence-corrected chi connectivity index (χ3v) is 3.32. The second-order valence-corrected chi connectivity index (χ2v) is 4.12. The van der Waals surface area contributed by atoms with Crippen molar-refractivity contribution in [3.63, 3.8) is 0 Å². The van der Waals surface area contributed by atoms with E-state index in [4.69, 9.17) is 0 Å². The molecule has 2 heteroatoms. The molecule has 1 heterocycles. The van der Waals surface area contributed by atoms with E-state index in [9.17, 15) is 0 Å². The zero-order chi connectivity index (χ0) is 7.78. The molecule has 1 aliphatic rings. The van der Waals surface area contributed by atoms with Gasteiger partial charge in [0.05, 0.1) is 0 Å². The molecule has 11 heavy (non-hydrogen) atoms. The van der Waals surface area contributed by atoms with E-state index in [0.717, 1.165) is 5.92 Å². The fourth-order valence-electron chi connectivity index (χ4n) is 1.65. The van der Waals surface area contributed by atoms with E-state index in [2.05, 4.69) is 32.7 Å². The van der Waals surface area contributed by atoms with Crippen molar-refractivity contribution in [3.05, 3.63) is 0 Å². The third kappa shape index (κ3) is 2.24. The number of likely N-dealkylation sites (tertiary alicyclic amines) is 1. The zero-order valence-electron chi connectivity index (χ0n) is 8.65. The molecule has 1 saturated heterocycles. The van der Waals surface area contributed by atoms with Crippen LogP contribution in [0.5, 0.6) is 0 Å². The van der Waals surface area contributed by atoms with Crippen LogP contribution in [-0.2, 0) is 0 Å². The molecule has 1 aliphatic heterocycles. The van der Waals surface area contributed by atoms with Gasteiger partial charge in [0, 0.05) is 24.4 Å².